The number of hydrogen-bond acceptors (Lipinski definition) is 6. The van der Waals surface area contributed by atoms with Crippen molar-refractivity contribution in [2.45, 2.75) is 13.1 Å². The molecule has 0 aliphatic rings. The summed E-state index contributed by atoms with van der Waals surface area (Å²) in [6, 6.07) is 1.87. The summed E-state index contributed by atoms with van der Waals surface area (Å²) in [5, 5.41) is 8.73. The SMILES string of the molecule is CCNc1nc(NCCOCC(F)(F)F)c2ccsc2n1. The van der Waals surface area contributed by atoms with E-state index in [4.69, 9.17) is 0 Å². The van der Waals surface area contributed by atoms with Crippen LogP contribution in [-0.2, 0) is 4.74 Å². The highest BCUT2D eigenvalue weighted by atomic mass is 32.1. The lowest BCUT2D eigenvalue weighted by atomic mass is 10.4. The van der Waals surface area contributed by atoms with Gasteiger partial charge in [0, 0.05) is 13.1 Å². The minimum atomic E-state index is -4.30. The van der Waals surface area contributed by atoms with Crippen molar-refractivity contribution < 1.29 is 17.9 Å². The Hall–Kier alpha value is -1.61. The van der Waals surface area contributed by atoms with Crippen LogP contribution in [0.25, 0.3) is 10.2 Å². The first-order chi connectivity index (χ1) is 9.99. The van der Waals surface area contributed by atoms with Gasteiger partial charge in [-0.3, -0.25) is 0 Å². The standard InChI is InChI=1S/C12H15F3N4OS/c1-2-16-11-18-9(8-3-6-21-10(8)19-11)17-4-5-20-7-12(13,14)15/h3,6H,2,4-5,7H2,1H3,(H2,16,17,18,19). The number of alkyl halides is 3. The summed E-state index contributed by atoms with van der Waals surface area (Å²) in [7, 11) is 0. The van der Waals surface area contributed by atoms with Gasteiger partial charge in [-0.1, -0.05) is 0 Å². The molecule has 5 nitrogen and oxygen atoms in total. The number of ether oxygens (including phenoxy) is 1. The molecule has 0 radical (unpaired) electrons. The lowest BCUT2D eigenvalue weighted by Gasteiger charge is -2.10. The number of anilines is 2. The minimum absolute atomic E-state index is 0.0499. The van der Waals surface area contributed by atoms with Gasteiger partial charge in [-0.15, -0.1) is 11.3 Å². The molecule has 0 unspecified atom stereocenters. The average molecular weight is 320 g/mol. The second-order valence-corrected chi connectivity index (χ2v) is 5.05. The van der Waals surface area contributed by atoms with Crippen LogP contribution in [-0.4, -0.2) is 42.4 Å². The van der Waals surface area contributed by atoms with Crippen molar-refractivity contribution in [1.82, 2.24) is 9.97 Å². The number of nitrogens with one attached hydrogen (secondary N) is 2. The first kappa shape index (κ1) is 15.8. The summed E-state index contributed by atoms with van der Waals surface area (Å²) in [4.78, 5) is 9.46. The van der Waals surface area contributed by atoms with Crippen LogP contribution < -0.4 is 10.6 Å². The molecule has 116 valence electrons. The highest BCUT2D eigenvalue weighted by molar-refractivity contribution is 7.16. The number of nitrogens with zero attached hydrogens (tertiary/aromatic N) is 2. The fraction of sp³-hybridized carbons (Fsp3) is 0.500. The summed E-state index contributed by atoms with van der Waals surface area (Å²) >= 11 is 1.48. The van der Waals surface area contributed by atoms with Crippen LogP contribution in [0, 0.1) is 0 Å². The first-order valence-corrected chi connectivity index (χ1v) is 7.25. The summed E-state index contributed by atoms with van der Waals surface area (Å²) in [5.74, 6) is 1.08. The number of halogens is 3. The largest absolute Gasteiger partial charge is 0.411 e. The van der Waals surface area contributed by atoms with Crippen LogP contribution in [0.4, 0.5) is 24.9 Å². The van der Waals surface area contributed by atoms with Crippen LogP contribution in [0.1, 0.15) is 6.92 Å². The first-order valence-electron chi connectivity index (χ1n) is 6.37. The highest BCUT2D eigenvalue weighted by Crippen LogP contribution is 2.26. The molecule has 2 heterocycles. The van der Waals surface area contributed by atoms with Crippen LogP contribution in [0.5, 0.6) is 0 Å². The molecule has 9 heteroatoms. The zero-order valence-electron chi connectivity index (χ0n) is 11.3. The molecule has 0 fully saturated rings. The Morgan fingerprint density at radius 3 is 2.81 bits per heavy atom. The van der Waals surface area contributed by atoms with E-state index in [9.17, 15) is 13.2 Å². The normalized spacial score (nSPS) is 11.8. The van der Waals surface area contributed by atoms with E-state index < -0.39 is 12.8 Å². The molecule has 0 aromatic carbocycles. The third-order valence-electron chi connectivity index (χ3n) is 2.46. The Bertz CT molecular complexity index is 587. The summed E-state index contributed by atoms with van der Waals surface area (Å²) in [6.07, 6.45) is -4.30. The van der Waals surface area contributed by atoms with Gasteiger partial charge < -0.3 is 15.4 Å². The van der Waals surface area contributed by atoms with Crippen molar-refractivity contribution in [2.24, 2.45) is 0 Å². The third kappa shape index (κ3) is 4.71. The quantitative estimate of drug-likeness (QED) is 0.768. The van der Waals surface area contributed by atoms with Crippen molar-refractivity contribution in [1.29, 1.82) is 0 Å². The summed E-state index contributed by atoms with van der Waals surface area (Å²) < 4.78 is 40.4. The second-order valence-electron chi connectivity index (χ2n) is 4.16. The molecule has 0 saturated heterocycles. The van der Waals surface area contributed by atoms with Crippen molar-refractivity contribution in [3.63, 3.8) is 0 Å². The van der Waals surface area contributed by atoms with E-state index in [-0.39, 0.29) is 13.2 Å². The van der Waals surface area contributed by atoms with E-state index >= 15 is 0 Å². The monoisotopic (exact) mass is 320 g/mol. The Morgan fingerprint density at radius 2 is 2.10 bits per heavy atom. The van der Waals surface area contributed by atoms with Gasteiger partial charge in [-0.2, -0.15) is 18.2 Å². The van der Waals surface area contributed by atoms with E-state index in [0.717, 1.165) is 10.2 Å². The predicted octanol–water partition coefficient (Wildman–Crippen LogP) is 3.11. The zero-order valence-corrected chi connectivity index (χ0v) is 12.1. The third-order valence-corrected chi connectivity index (χ3v) is 3.27. The number of aromatic nitrogens is 2. The van der Waals surface area contributed by atoms with Gasteiger partial charge >= 0.3 is 6.18 Å². The van der Waals surface area contributed by atoms with E-state index in [2.05, 4.69) is 25.3 Å². The van der Waals surface area contributed by atoms with E-state index in [1.807, 2.05) is 18.4 Å². The molecule has 21 heavy (non-hydrogen) atoms. The van der Waals surface area contributed by atoms with Gasteiger partial charge in [0.15, 0.2) is 0 Å². The van der Waals surface area contributed by atoms with Crippen LogP contribution in [0.2, 0.25) is 0 Å². The van der Waals surface area contributed by atoms with Crippen molar-refractivity contribution in [2.75, 3.05) is 36.9 Å². The molecular weight excluding hydrogens is 305 g/mol. The Balaban J connectivity index is 1.95. The molecule has 2 N–H and O–H groups in total. The number of rotatable bonds is 7. The fourth-order valence-corrected chi connectivity index (χ4v) is 2.42. The number of fused-ring (bicyclic) bond motifs is 1. The number of hydrogen-bond donors (Lipinski definition) is 2. The van der Waals surface area contributed by atoms with Crippen molar-refractivity contribution in [3.05, 3.63) is 11.4 Å². The van der Waals surface area contributed by atoms with E-state index in [1.54, 1.807) is 0 Å². The fourth-order valence-electron chi connectivity index (χ4n) is 1.66. The van der Waals surface area contributed by atoms with Gasteiger partial charge in [0.05, 0.1) is 12.0 Å². The van der Waals surface area contributed by atoms with Gasteiger partial charge in [0.2, 0.25) is 5.95 Å². The molecule has 0 atom stereocenters. The van der Waals surface area contributed by atoms with Gasteiger partial charge in [-0.05, 0) is 18.4 Å². The maximum absolute atomic E-state index is 11.9. The molecule has 0 saturated carbocycles. The second kappa shape index (κ2) is 6.90. The topological polar surface area (TPSA) is 59.1 Å². The Morgan fingerprint density at radius 1 is 1.29 bits per heavy atom. The molecule has 2 aromatic rings. The molecule has 2 aromatic heterocycles. The lowest BCUT2D eigenvalue weighted by Crippen LogP contribution is -2.20. The van der Waals surface area contributed by atoms with Crippen LogP contribution >= 0.6 is 11.3 Å². The maximum atomic E-state index is 11.9. The lowest BCUT2D eigenvalue weighted by molar-refractivity contribution is -0.172. The predicted molar refractivity (Wildman–Crippen MR) is 76.9 cm³/mol. The van der Waals surface area contributed by atoms with Crippen LogP contribution in [0.15, 0.2) is 11.4 Å². The molecular formula is C12H15F3N4OS. The smallest absolute Gasteiger partial charge is 0.370 e. The van der Waals surface area contributed by atoms with Gasteiger partial charge in [0.25, 0.3) is 0 Å². The van der Waals surface area contributed by atoms with Gasteiger partial charge in [0.1, 0.15) is 17.3 Å². The molecule has 0 amide bonds. The molecule has 0 aliphatic carbocycles. The zero-order chi connectivity index (χ0) is 15.3. The Labute approximate surface area is 123 Å². The van der Waals surface area contributed by atoms with E-state index in [0.29, 0.717) is 18.3 Å². The number of thiophene rings is 1. The summed E-state index contributed by atoms with van der Waals surface area (Å²) in [5.41, 5.74) is 0. The maximum Gasteiger partial charge on any atom is 0.411 e. The molecule has 0 spiro atoms. The van der Waals surface area contributed by atoms with Gasteiger partial charge in [-0.25, -0.2) is 4.98 Å². The highest BCUT2D eigenvalue weighted by Gasteiger charge is 2.27. The molecule has 2 rings (SSSR count). The van der Waals surface area contributed by atoms with Crippen LogP contribution in [0.3, 0.4) is 0 Å². The minimum Gasteiger partial charge on any atom is -0.370 e. The molecule has 0 bridgehead atoms. The van der Waals surface area contributed by atoms with Crippen molar-refractivity contribution >= 4 is 33.3 Å². The average Bonchev–Trinajstić information content (AvgIpc) is 2.85. The Kier molecular flexibility index (Phi) is 5.18. The summed E-state index contributed by atoms with van der Waals surface area (Å²) in [6.45, 7) is 1.56. The van der Waals surface area contributed by atoms with E-state index in [1.165, 1.54) is 11.3 Å². The van der Waals surface area contributed by atoms with Crippen molar-refractivity contribution in [3.8, 4) is 0 Å². The molecule has 0 aliphatic heterocycles.